The fourth-order valence-electron chi connectivity index (χ4n) is 2.79. The average Bonchev–Trinajstić information content (AvgIpc) is 2.78. The Kier molecular flexibility index (Phi) is 7.53. The van der Waals surface area contributed by atoms with Crippen molar-refractivity contribution in [2.45, 2.75) is 13.5 Å². The van der Waals surface area contributed by atoms with Crippen LogP contribution in [0.1, 0.15) is 33.2 Å². The minimum absolute atomic E-state index is 0.201. The van der Waals surface area contributed by atoms with Gasteiger partial charge in [0.25, 0.3) is 11.8 Å². The highest BCUT2D eigenvalue weighted by Gasteiger charge is 2.10. The minimum atomic E-state index is -0.814. The van der Waals surface area contributed by atoms with Gasteiger partial charge in [0.2, 0.25) is 0 Å². The lowest BCUT2D eigenvalue weighted by Crippen LogP contribution is -2.23. The zero-order valence-electron chi connectivity index (χ0n) is 17.3. The van der Waals surface area contributed by atoms with E-state index in [0.29, 0.717) is 11.3 Å². The van der Waals surface area contributed by atoms with Crippen LogP contribution in [-0.4, -0.2) is 24.6 Å². The molecule has 3 aromatic carbocycles. The van der Waals surface area contributed by atoms with Crippen LogP contribution in [0.15, 0.2) is 72.8 Å². The second kappa shape index (κ2) is 10.7. The number of benzene rings is 3. The Morgan fingerprint density at radius 3 is 2.34 bits per heavy atom. The summed E-state index contributed by atoms with van der Waals surface area (Å²) in [6.45, 7) is 2.08. The van der Waals surface area contributed by atoms with Crippen molar-refractivity contribution in [3.63, 3.8) is 0 Å². The maximum Gasteiger partial charge on any atom is 0.513 e. The zero-order chi connectivity index (χ0) is 22.9. The van der Waals surface area contributed by atoms with Crippen molar-refractivity contribution < 1.29 is 28.2 Å². The predicted molar refractivity (Wildman–Crippen MR) is 116 cm³/mol. The van der Waals surface area contributed by atoms with Crippen molar-refractivity contribution in [2.75, 3.05) is 11.9 Å². The van der Waals surface area contributed by atoms with E-state index >= 15 is 0 Å². The maximum absolute atomic E-state index is 13.3. The smallest absolute Gasteiger partial charge is 0.434 e. The molecule has 164 valence electrons. The Morgan fingerprint density at radius 1 is 0.875 bits per heavy atom. The highest BCUT2D eigenvalue weighted by atomic mass is 19.1. The van der Waals surface area contributed by atoms with Crippen LogP contribution in [0.3, 0.4) is 0 Å². The van der Waals surface area contributed by atoms with Gasteiger partial charge in [0.1, 0.15) is 11.6 Å². The number of halogens is 1. The van der Waals surface area contributed by atoms with Gasteiger partial charge in [-0.2, -0.15) is 0 Å². The zero-order valence-corrected chi connectivity index (χ0v) is 17.3. The molecule has 3 aromatic rings. The molecule has 0 aromatic heterocycles. The first kappa shape index (κ1) is 22.5. The summed E-state index contributed by atoms with van der Waals surface area (Å²) < 4.78 is 22.9. The molecule has 8 heteroatoms. The van der Waals surface area contributed by atoms with Gasteiger partial charge in [0.05, 0.1) is 6.61 Å². The molecular formula is C24H21FN2O5. The molecule has 2 N–H and O–H groups in total. The largest absolute Gasteiger partial charge is 0.513 e. The number of hydrogen-bond acceptors (Lipinski definition) is 5. The number of ether oxygens (including phenoxy) is 2. The molecule has 0 bridgehead atoms. The molecule has 2 amide bonds. The van der Waals surface area contributed by atoms with Crippen molar-refractivity contribution in [1.29, 1.82) is 0 Å². The lowest BCUT2D eigenvalue weighted by molar-refractivity contribution is 0.0948. The van der Waals surface area contributed by atoms with Crippen LogP contribution in [-0.2, 0) is 11.3 Å². The SMILES string of the molecule is CCOC(=O)Oc1ccc(C(=O)Nc2cccc(CNC(=O)c3cccc(F)c3)c2)cc1. The summed E-state index contributed by atoms with van der Waals surface area (Å²) in [5, 5.41) is 5.49. The molecule has 0 spiro atoms. The van der Waals surface area contributed by atoms with Crippen LogP contribution in [0.25, 0.3) is 0 Å². The molecule has 32 heavy (non-hydrogen) atoms. The monoisotopic (exact) mass is 436 g/mol. The van der Waals surface area contributed by atoms with Gasteiger partial charge < -0.3 is 20.1 Å². The summed E-state index contributed by atoms with van der Waals surface area (Å²) in [5.41, 5.74) is 1.89. The van der Waals surface area contributed by atoms with Gasteiger partial charge >= 0.3 is 6.16 Å². The Hall–Kier alpha value is -4.20. The average molecular weight is 436 g/mol. The molecule has 0 unspecified atom stereocenters. The van der Waals surface area contributed by atoms with E-state index in [1.807, 2.05) is 0 Å². The summed E-state index contributed by atoms with van der Waals surface area (Å²) >= 11 is 0. The van der Waals surface area contributed by atoms with Gasteiger partial charge in [-0.3, -0.25) is 9.59 Å². The molecule has 0 aliphatic carbocycles. The van der Waals surface area contributed by atoms with Crippen LogP contribution in [0.4, 0.5) is 14.9 Å². The van der Waals surface area contributed by atoms with Crippen LogP contribution in [0, 0.1) is 5.82 Å². The van der Waals surface area contributed by atoms with Crippen LogP contribution in [0.5, 0.6) is 5.75 Å². The quantitative estimate of drug-likeness (QED) is 0.419. The number of nitrogens with one attached hydrogen (secondary N) is 2. The van der Waals surface area contributed by atoms with E-state index in [9.17, 15) is 18.8 Å². The van der Waals surface area contributed by atoms with Crippen molar-refractivity contribution in [3.8, 4) is 5.75 Å². The Labute approximate surface area is 184 Å². The Bertz CT molecular complexity index is 1120. The minimum Gasteiger partial charge on any atom is -0.434 e. The van der Waals surface area contributed by atoms with E-state index in [4.69, 9.17) is 9.47 Å². The summed E-state index contributed by atoms with van der Waals surface area (Å²) in [5.74, 6) is -0.975. The highest BCUT2D eigenvalue weighted by Crippen LogP contribution is 2.16. The van der Waals surface area contributed by atoms with Crippen LogP contribution in [0.2, 0.25) is 0 Å². The first-order valence-corrected chi connectivity index (χ1v) is 9.83. The topological polar surface area (TPSA) is 93.7 Å². The molecule has 0 saturated carbocycles. The Balaban J connectivity index is 1.57. The number of amides is 2. The third kappa shape index (κ3) is 6.40. The summed E-state index contributed by atoms with van der Waals surface area (Å²) in [4.78, 5) is 36.0. The van der Waals surface area contributed by atoms with E-state index in [-0.39, 0.29) is 30.4 Å². The van der Waals surface area contributed by atoms with E-state index in [0.717, 1.165) is 11.6 Å². The third-order valence-corrected chi connectivity index (χ3v) is 4.30. The van der Waals surface area contributed by atoms with E-state index in [2.05, 4.69) is 10.6 Å². The van der Waals surface area contributed by atoms with Crippen LogP contribution < -0.4 is 15.4 Å². The molecule has 0 radical (unpaired) electrons. The van der Waals surface area contributed by atoms with Gasteiger partial charge in [-0.1, -0.05) is 18.2 Å². The molecule has 7 nitrogen and oxygen atoms in total. The van der Waals surface area contributed by atoms with E-state index in [1.165, 1.54) is 42.5 Å². The molecule has 0 heterocycles. The molecule has 0 atom stereocenters. The van der Waals surface area contributed by atoms with Gasteiger partial charge in [0.15, 0.2) is 0 Å². The standard InChI is InChI=1S/C24H21FN2O5/c1-2-31-24(30)32-21-11-9-17(10-12-21)23(29)27-20-8-3-5-16(13-20)15-26-22(28)18-6-4-7-19(25)14-18/h3-14H,2,15H2,1H3,(H,26,28)(H,27,29). The summed E-state index contributed by atoms with van der Waals surface area (Å²) in [6.07, 6.45) is -0.814. The van der Waals surface area contributed by atoms with E-state index in [1.54, 1.807) is 31.2 Å². The second-order valence-corrected chi connectivity index (χ2v) is 6.66. The van der Waals surface area contributed by atoms with Crippen molar-refractivity contribution in [3.05, 3.63) is 95.3 Å². The lowest BCUT2D eigenvalue weighted by atomic mass is 10.1. The van der Waals surface area contributed by atoms with Gasteiger partial charge in [-0.15, -0.1) is 0 Å². The molecule has 3 rings (SSSR count). The lowest BCUT2D eigenvalue weighted by Gasteiger charge is -2.09. The molecule has 0 aliphatic heterocycles. The summed E-state index contributed by atoms with van der Waals surface area (Å²) in [6, 6.07) is 18.4. The number of rotatable bonds is 7. The summed E-state index contributed by atoms with van der Waals surface area (Å²) in [7, 11) is 0. The van der Waals surface area contributed by atoms with Gasteiger partial charge in [0, 0.05) is 23.4 Å². The second-order valence-electron chi connectivity index (χ2n) is 6.66. The number of carbonyl (C=O) groups is 3. The number of carbonyl (C=O) groups excluding carboxylic acids is 3. The molecule has 0 aliphatic rings. The van der Waals surface area contributed by atoms with Gasteiger partial charge in [-0.25, -0.2) is 9.18 Å². The first-order valence-electron chi connectivity index (χ1n) is 9.83. The number of anilines is 1. The van der Waals surface area contributed by atoms with Crippen molar-refractivity contribution in [2.24, 2.45) is 0 Å². The molecule has 0 saturated heterocycles. The fraction of sp³-hybridized carbons (Fsp3) is 0.125. The molecule has 0 fully saturated rings. The maximum atomic E-state index is 13.3. The molecular weight excluding hydrogens is 415 g/mol. The highest BCUT2D eigenvalue weighted by molar-refractivity contribution is 6.04. The predicted octanol–water partition coefficient (Wildman–Crippen LogP) is 4.54. The van der Waals surface area contributed by atoms with E-state index < -0.39 is 17.9 Å². The first-order chi connectivity index (χ1) is 15.4. The number of hydrogen-bond donors (Lipinski definition) is 2. The Morgan fingerprint density at radius 2 is 1.62 bits per heavy atom. The third-order valence-electron chi connectivity index (χ3n) is 4.30. The van der Waals surface area contributed by atoms with Gasteiger partial charge in [-0.05, 0) is 67.1 Å². The normalized spacial score (nSPS) is 10.2. The van der Waals surface area contributed by atoms with Crippen molar-refractivity contribution >= 4 is 23.7 Å². The fourth-order valence-corrected chi connectivity index (χ4v) is 2.79. The van der Waals surface area contributed by atoms with Crippen LogP contribution >= 0.6 is 0 Å². The van der Waals surface area contributed by atoms with Crippen molar-refractivity contribution in [1.82, 2.24) is 5.32 Å².